The molecule has 2 aliphatic heterocycles. The Morgan fingerprint density at radius 2 is 2.35 bits per heavy atom. The summed E-state index contributed by atoms with van der Waals surface area (Å²) in [5.41, 5.74) is 2.31. The van der Waals surface area contributed by atoms with E-state index in [1.54, 1.807) is 0 Å². The monoisotopic (exact) mass is 279 g/mol. The Bertz CT molecular complexity index is 466. The highest BCUT2D eigenvalue weighted by Crippen LogP contribution is 2.40. The van der Waals surface area contributed by atoms with Gasteiger partial charge in [-0.05, 0) is 38.8 Å². The predicted octanol–water partition coefficient (Wildman–Crippen LogP) is 1.57. The second-order valence-corrected chi connectivity index (χ2v) is 6.19. The van der Waals surface area contributed by atoms with Crippen LogP contribution in [-0.4, -0.2) is 42.2 Å². The maximum atomic E-state index is 6.05. The molecule has 3 unspecified atom stereocenters. The first-order chi connectivity index (χ1) is 9.63. The molecule has 1 spiro atoms. The van der Waals surface area contributed by atoms with Gasteiger partial charge in [-0.15, -0.1) is 0 Å². The van der Waals surface area contributed by atoms with Crippen molar-refractivity contribution in [2.75, 3.05) is 26.9 Å². The lowest BCUT2D eigenvalue weighted by molar-refractivity contribution is -0.103. The van der Waals surface area contributed by atoms with Gasteiger partial charge in [0.25, 0.3) is 0 Å². The predicted molar refractivity (Wildman–Crippen MR) is 76.6 cm³/mol. The van der Waals surface area contributed by atoms with E-state index < -0.39 is 0 Å². The lowest BCUT2D eigenvalue weighted by Crippen LogP contribution is -2.44. The zero-order valence-corrected chi connectivity index (χ0v) is 12.7. The van der Waals surface area contributed by atoms with Gasteiger partial charge in [-0.1, -0.05) is 0 Å². The summed E-state index contributed by atoms with van der Waals surface area (Å²) in [4.78, 5) is 0. The van der Waals surface area contributed by atoms with Crippen molar-refractivity contribution in [3.05, 3.63) is 17.5 Å². The van der Waals surface area contributed by atoms with Gasteiger partial charge >= 0.3 is 0 Å². The van der Waals surface area contributed by atoms with Crippen LogP contribution in [0.15, 0.2) is 6.07 Å². The number of ether oxygens (including phenoxy) is 2. The summed E-state index contributed by atoms with van der Waals surface area (Å²) in [6.07, 6.45) is 3.20. The van der Waals surface area contributed by atoms with Crippen LogP contribution in [0.1, 0.15) is 36.7 Å². The number of hydrogen-bond acceptors (Lipinski definition) is 4. The smallest absolute Gasteiger partial charge is 0.0940 e. The third kappa shape index (κ3) is 2.50. The summed E-state index contributed by atoms with van der Waals surface area (Å²) < 4.78 is 13.6. The molecule has 0 radical (unpaired) electrons. The zero-order valence-electron chi connectivity index (χ0n) is 12.7. The van der Waals surface area contributed by atoms with Crippen molar-refractivity contribution in [2.24, 2.45) is 13.0 Å². The standard InChI is InChI=1S/C15H25N3O2/c1-11-8-13(18(3)17-11)14(16-2)12-4-6-20-15(9-12)5-7-19-10-15/h8,12,14,16H,4-7,9-10H2,1-3H3. The third-order valence-corrected chi connectivity index (χ3v) is 4.74. The van der Waals surface area contributed by atoms with E-state index in [0.717, 1.165) is 44.8 Å². The fourth-order valence-electron chi connectivity index (χ4n) is 3.76. The molecule has 112 valence electrons. The molecular weight excluding hydrogens is 254 g/mol. The Balaban J connectivity index is 1.80. The largest absolute Gasteiger partial charge is 0.378 e. The number of rotatable bonds is 3. The summed E-state index contributed by atoms with van der Waals surface area (Å²) in [6.45, 7) is 4.47. The van der Waals surface area contributed by atoms with Crippen LogP contribution >= 0.6 is 0 Å². The number of aromatic nitrogens is 2. The lowest BCUT2D eigenvalue weighted by atomic mass is 9.80. The van der Waals surface area contributed by atoms with E-state index in [4.69, 9.17) is 9.47 Å². The van der Waals surface area contributed by atoms with Gasteiger partial charge in [0.05, 0.1) is 29.6 Å². The highest BCUT2D eigenvalue weighted by atomic mass is 16.6. The van der Waals surface area contributed by atoms with E-state index in [1.165, 1.54) is 5.69 Å². The van der Waals surface area contributed by atoms with Crippen LogP contribution in [-0.2, 0) is 16.5 Å². The topological polar surface area (TPSA) is 48.3 Å². The maximum Gasteiger partial charge on any atom is 0.0940 e. The van der Waals surface area contributed by atoms with Gasteiger partial charge in [-0.2, -0.15) is 5.10 Å². The normalized spacial score (nSPS) is 31.9. The molecule has 1 aromatic heterocycles. The Kier molecular flexibility index (Phi) is 3.84. The number of nitrogens with zero attached hydrogens (tertiary/aromatic N) is 2. The van der Waals surface area contributed by atoms with E-state index in [0.29, 0.717) is 12.0 Å². The molecular formula is C15H25N3O2. The van der Waals surface area contributed by atoms with Crippen molar-refractivity contribution in [3.63, 3.8) is 0 Å². The van der Waals surface area contributed by atoms with Gasteiger partial charge in [0.15, 0.2) is 0 Å². The van der Waals surface area contributed by atoms with Crippen molar-refractivity contribution in [3.8, 4) is 0 Å². The number of hydrogen-bond donors (Lipinski definition) is 1. The lowest BCUT2D eigenvalue weighted by Gasteiger charge is -2.40. The summed E-state index contributed by atoms with van der Waals surface area (Å²) in [6, 6.07) is 2.52. The minimum atomic E-state index is -0.0361. The van der Waals surface area contributed by atoms with E-state index in [2.05, 4.69) is 16.5 Å². The molecule has 3 atom stereocenters. The van der Waals surface area contributed by atoms with Crippen LogP contribution in [0.25, 0.3) is 0 Å². The SMILES string of the molecule is CNC(c1cc(C)nn1C)C1CCOC2(CCOC2)C1. The Morgan fingerprint density at radius 1 is 1.50 bits per heavy atom. The van der Waals surface area contributed by atoms with Crippen LogP contribution in [0.3, 0.4) is 0 Å². The second-order valence-electron chi connectivity index (χ2n) is 6.19. The first-order valence-corrected chi connectivity index (χ1v) is 7.53. The molecule has 1 N–H and O–H groups in total. The minimum absolute atomic E-state index is 0.0361. The van der Waals surface area contributed by atoms with Gasteiger partial charge in [0, 0.05) is 26.7 Å². The third-order valence-electron chi connectivity index (χ3n) is 4.74. The van der Waals surface area contributed by atoms with Crippen LogP contribution < -0.4 is 5.32 Å². The fourth-order valence-corrected chi connectivity index (χ4v) is 3.76. The molecule has 1 aromatic rings. The molecule has 0 aromatic carbocycles. The quantitative estimate of drug-likeness (QED) is 0.912. The molecule has 3 heterocycles. The first kappa shape index (κ1) is 14.0. The minimum Gasteiger partial charge on any atom is -0.378 e. The molecule has 5 nitrogen and oxygen atoms in total. The molecule has 0 bridgehead atoms. The Hall–Kier alpha value is -0.910. The van der Waals surface area contributed by atoms with Gasteiger partial charge in [0.1, 0.15) is 0 Å². The molecule has 20 heavy (non-hydrogen) atoms. The molecule has 0 saturated carbocycles. The van der Waals surface area contributed by atoms with Crippen molar-refractivity contribution >= 4 is 0 Å². The van der Waals surface area contributed by atoms with Gasteiger partial charge < -0.3 is 14.8 Å². The van der Waals surface area contributed by atoms with Crippen molar-refractivity contribution in [1.82, 2.24) is 15.1 Å². The van der Waals surface area contributed by atoms with Crippen molar-refractivity contribution in [2.45, 2.75) is 37.8 Å². The van der Waals surface area contributed by atoms with E-state index in [9.17, 15) is 0 Å². The second kappa shape index (κ2) is 5.47. The molecule has 0 aliphatic carbocycles. The number of nitrogens with one attached hydrogen (secondary N) is 1. The average molecular weight is 279 g/mol. The van der Waals surface area contributed by atoms with Crippen LogP contribution in [0.5, 0.6) is 0 Å². The molecule has 3 rings (SSSR count). The van der Waals surface area contributed by atoms with Crippen LogP contribution in [0, 0.1) is 12.8 Å². The highest BCUT2D eigenvalue weighted by molar-refractivity contribution is 5.15. The molecule has 2 saturated heterocycles. The summed E-state index contributed by atoms with van der Waals surface area (Å²) >= 11 is 0. The van der Waals surface area contributed by atoms with Gasteiger partial charge in [-0.3, -0.25) is 4.68 Å². The van der Waals surface area contributed by atoms with Crippen LogP contribution in [0.2, 0.25) is 0 Å². The van der Waals surface area contributed by atoms with E-state index >= 15 is 0 Å². The average Bonchev–Trinajstić information content (AvgIpc) is 2.99. The van der Waals surface area contributed by atoms with Crippen molar-refractivity contribution < 1.29 is 9.47 Å². The van der Waals surface area contributed by atoms with E-state index in [1.807, 2.05) is 25.7 Å². The Labute approximate surface area is 120 Å². The molecule has 2 aliphatic rings. The summed E-state index contributed by atoms with van der Waals surface area (Å²) in [5, 5.41) is 7.98. The molecule has 0 amide bonds. The summed E-state index contributed by atoms with van der Waals surface area (Å²) in [5.74, 6) is 0.574. The summed E-state index contributed by atoms with van der Waals surface area (Å²) in [7, 11) is 4.07. The Morgan fingerprint density at radius 3 is 2.95 bits per heavy atom. The maximum absolute atomic E-state index is 6.05. The zero-order chi connectivity index (χ0) is 14.2. The van der Waals surface area contributed by atoms with E-state index in [-0.39, 0.29) is 5.60 Å². The highest BCUT2D eigenvalue weighted by Gasteiger charge is 2.43. The van der Waals surface area contributed by atoms with Gasteiger partial charge in [0.2, 0.25) is 0 Å². The fraction of sp³-hybridized carbons (Fsp3) is 0.800. The van der Waals surface area contributed by atoms with Gasteiger partial charge in [-0.25, -0.2) is 0 Å². The van der Waals surface area contributed by atoms with Crippen molar-refractivity contribution in [1.29, 1.82) is 0 Å². The molecule has 2 fully saturated rings. The first-order valence-electron chi connectivity index (χ1n) is 7.53. The molecule has 5 heteroatoms. The number of aryl methyl sites for hydroxylation is 2. The van der Waals surface area contributed by atoms with Crippen LogP contribution in [0.4, 0.5) is 0 Å².